The highest BCUT2D eigenvalue weighted by atomic mass is 127. The Morgan fingerprint density at radius 2 is 1.82 bits per heavy atom. The molecule has 3 heteroatoms. The summed E-state index contributed by atoms with van der Waals surface area (Å²) in [5.74, 6) is -0.340. The van der Waals surface area contributed by atoms with E-state index < -0.39 is 0 Å². The maximum absolute atomic E-state index is 5.62. The van der Waals surface area contributed by atoms with Gasteiger partial charge in [0.05, 0.1) is 16.6 Å². The zero-order valence-electron chi connectivity index (χ0n) is 7.32. The fourth-order valence-electron chi connectivity index (χ4n) is 1.42. The van der Waals surface area contributed by atoms with Crippen molar-refractivity contribution in [1.29, 1.82) is 0 Å². The van der Waals surface area contributed by atoms with Crippen molar-refractivity contribution in [2.24, 2.45) is 0 Å². The standard InChI is InChI=1S/C8H15IO2/c1-4-8(7(2,3)9)10-5-6-11-8/h4-6H2,1-3H3. The molecule has 0 bridgehead atoms. The predicted molar refractivity (Wildman–Crippen MR) is 53.0 cm³/mol. The maximum Gasteiger partial charge on any atom is 0.182 e. The Labute approximate surface area is 81.8 Å². The average Bonchev–Trinajstić information content (AvgIpc) is 2.33. The molecule has 0 aromatic heterocycles. The summed E-state index contributed by atoms with van der Waals surface area (Å²) in [5, 5.41) is 0. The third-order valence-electron chi connectivity index (χ3n) is 2.12. The van der Waals surface area contributed by atoms with Crippen LogP contribution in [0, 0.1) is 0 Å². The summed E-state index contributed by atoms with van der Waals surface area (Å²) in [4.78, 5) is 0. The van der Waals surface area contributed by atoms with E-state index in [1.807, 2.05) is 0 Å². The summed E-state index contributed by atoms with van der Waals surface area (Å²) >= 11 is 2.38. The number of alkyl halides is 1. The third-order valence-corrected chi connectivity index (χ3v) is 2.95. The number of ether oxygens (including phenoxy) is 2. The van der Waals surface area contributed by atoms with Gasteiger partial charge in [0.2, 0.25) is 0 Å². The Morgan fingerprint density at radius 1 is 1.36 bits per heavy atom. The fraction of sp³-hybridized carbons (Fsp3) is 1.00. The van der Waals surface area contributed by atoms with Crippen LogP contribution in [-0.4, -0.2) is 22.4 Å². The van der Waals surface area contributed by atoms with Crippen LogP contribution in [0.5, 0.6) is 0 Å². The predicted octanol–water partition coefficient (Wildman–Crippen LogP) is 2.35. The van der Waals surface area contributed by atoms with Crippen molar-refractivity contribution in [2.75, 3.05) is 13.2 Å². The van der Waals surface area contributed by atoms with Crippen LogP contribution in [0.2, 0.25) is 0 Å². The van der Waals surface area contributed by atoms with Gasteiger partial charge in [-0.2, -0.15) is 0 Å². The van der Waals surface area contributed by atoms with Gasteiger partial charge in [0.15, 0.2) is 5.79 Å². The van der Waals surface area contributed by atoms with Crippen LogP contribution in [0.1, 0.15) is 27.2 Å². The summed E-state index contributed by atoms with van der Waals surface area (Å²) in [5.41, 5.74) is 0. The molecule has 1 fully saturated rings. The molecule has 0 aliphatic carbocycles. The summed E-state index contributed by atoms with van der Waals surface area (Å²) in [6, 6.07) is 0. The second-order valence-electron chi connectivity index (χ2n) is 3.28. The number of halogens is 1. The SMILES string of the molecule is CCC1(C(C)(C)I)OCCO1. The van der Waals surface area contributed by atoms with E-state index in [0.29, 0.717) is 0 Å². The molecule has 0 N–H and O–H groups in total. The van der Waals surface area contributed by atoms with E-state index in [0.717, 1.165) is 19.6 Å². The van der Waals surface area contributed by atoms with Gasteiger partial charge < -0.3 is 9.47 Å². The zero-order valence-corrected chi connectivity index (χ0v) is 9.47. The average molecular weight is 270 g/mol. The highest BCUT2D eigenvalue weighted by Gasteiger charge is 2.47. The normalized spacial score (nSPS) is 24.0. The lowest BCUT2D eigenvalue weighted by atomic mass is 10.0. The molecule has 0 amide bonds. The molecular formula is C8H15IO2. The summed E-state index contributed by atoms with van der Waals surface area (Å²) < 4.78 is 11.3. The largest absolute Gasteiger partial charge is 0.346 e. The van der Waals surface area contributed by atoms with E-state index in [-0.39, 0.29) is 9.21 Å². The fourth-order valence-corrected chi connectivity index (χ4v) is 2.12. The molecule has 0 unspecified atom stereocenters. The van der Waals surface area contributed by atoms with Gasteiger partial charge in [-0.15, -0.1) is 0 Å². The minimum Gasteiger partial charge on any atom is -0.346 e. The molecule has 1 aliphatic rings. The maximum atomic E-state index is 5.62. The molecule has 0 aromatic carbocycles. The Bertz CT molecular complexity index is 134. The second-order valence-corrected chi connectivity index (χ2v) is 5.97. The molecule has 66 valence electrons. The smallest absolute Gasteiger partial charge is 0.182 e. The first-order valence-corrected chi connectivity index (χ1v) is 5.06. The molecule has 0 spiro atoms. The third kappa shape index (κ3) is 1.70. The van der Waals surface area contributed by atoms with E-state index in [2.05, 4.69) is 43.4 Å². The number of rotatable bonds is 2. The molecule has 0 aromatic rings. The zero-order chi connectivity index (χ0) is 8.54. The van der Waals surface area contributed by atoms with Gasteiger partial charge >= 0.3 is 0 Å². The van der Waals surface area contributed by atoms with E-state index in [1.54, 1.807) is 0 Å². The van der Waals surface area contributed by atoms with Crippen LogP contribution < -0.4 is 0 Å². The second kappa shape index (κ2) is 3.18. The van der Waals surface area contributed by atoms with Crippen molar-refractivity contribution in [3.8, 4) is 0 Å². The Morgan fingerprint density at radius 3 is 2.00 bits per heavy atom. The molecule has 11 heavy (non-hydrogen) atoms. The first kappa shape index (κ1) is 9.74. The van der Waals surface area contributed by atoms with Gasteiger partial charge in [0, 0.05) is 0 Å². The van der Waals surface area contributed by atoms with Crippen LogP contribution in [0.4, 0.5) is 0 Å². The number of hydrogen-bond donors (Lipinski definition) is 0. The van der Waals surface area contributed by atoms with Crippen LogP contribution >= 0.6 is 22.6 Å². The lowest BCUT2D eigenvalue weighted by molar-refractivity contribution is -0.173. The summed E-state index contributed by atoms with van der Waals surface area (Å²) in [6.07, 6.45) is 0.920. The molecule has 0 saturated carbocycles. The Hall–Kier alpha value is 0.650. The van der Waals surface area contributed by atoms with Crippen molar-refractivity contribution in [2.45, 2.75) is 36.4 Å². The Kier molecular flexibility index (Phi) is 2.82. The van der Waals surface area contributed by atoms with Crippen molar-refractivity contribution >= 4 is 22.6 Å². The molecule has 1 aliphatic heterocycles. The molecule has 1 rings (SSSR count). The van der Waals surface area contributed by atoms with Crippen molar-refractivity contribution in [3.63, 3.8) is 0 Å². The monoisotopic (exact) mass is 270 g/mol. The first-order valence-electron chi connectivity index (χ1n) is 3.99. The van der Waals surface area contributed by atoms with Crippen molar-refractivity contribution in [3.05, 3.63) is 0 Å². The van der Waals surface area contributed by atoms with Gasteiger partial charge in [-0.05, 0) is 20.3 Å². The molecule has 0 atom stereocenters. The lowest BCUT2D eigenvalue weighted by Gasteiger charge is -2.37. The van der Waals surface area contributed by atoms with E-state index in [4.69, 9.17) is 9.47 Å². The minimum absolute atomic E-state index is 0.0516. The molecule has 2 nitrogen and oxygen atoms in total. The summed E-state index contributed by atoms with van der Waals surface area (Å²) in [6.45, 7) is 7.86. The molecule has 1 saturated heterocycles. The van der Waals surface area contributed by atoms with Crippen molar-refractivity contribution < 1.29 is 9.47 Å². The quantitative estimate of drug-likeness (QED) is 0.566. The molecular weight excluding hydrogens is 255 g/mol. The van der Waals surface area contributed by atoms with Crippen LogP contribution in [0.3, 0.4) is 0 Å². The van der Waals surface area contributed by atoms with Gasteiger partial charge in [-0.25, -0.2) is 0 Å². The first-order chi connectivity index (χ1) is 5.02. The topological polar surface area (TPSA) is 18.5 Å². The van der Waals surface area contributed by atoms with Crippen LogP contribution in [0.25, 0.3) is 0 Å². The van der Waals surface area contributed by atoms with E-state index >= 15 is 0 Å². The van der Waals surface area contributed by atoms with Crippen LogP contribution in [-0.2, 0) is 9.47 Å². The van der Waals surface area contributed by atoms with E-state index in [9.17, 15) is 0 Å². The number of hydrogen-bond acceptors (Lipinski definition) is 2. The lowest BCUT2D eigenvalue weighted by Crippen LogP contribution is -2.46. The van der Waals surface area contributed by atoms with Gasteiger partial charge in [-0.1, -0.05) is 29.5 Å². The Balaban J connectivity index is 2.75. The minimum atomic E-state index is -0.340. The van der Waals surface area contributed by atoms with Gasteiger partial charge in [-0.3, -0.25) is 0 Å². The van der Waals surface area contributed by atoms with Crippen molar-refractivity contribution in [1.82, 2.24) is 0 Å². The van der Waals surface area contributed by atoms with Crippen LogP contribution in [0.15, 0.2) is 0 Å². The van der Waals surface area contributed by atoms with Gasteiger partial charge in [0.1, 0.15) is 0 Å². The highest BCUT2D eigenvalue weighted by molar-refractivity contribution is 14.1. The molecule has 1 heterocycles. The summed E-state index contributed by atoms with van der Waals surface area (Å²) in [7, 11) is 0. The highest BCUT2D eigenvalue weighted by Crippen LogP contribution is 2.40. The molecule has 0 radical (unpaired) electrons. The van der Waals surface area contributed by atoms with E-state index in [1.165, 1.54) is 0 Å². The van der Waals surface area contributed by atoms with Gasteiger partial charge in [0.25, 0.3) is 0 Å².